The van der Waals surface area contributed by atoms with Gasteiger partial charge < -0.3 is 14.2 Å². The van der Waals surface area contributed by atoms with Crippen LogP contribution in [-0.4, -0.2) is 29.5 Å². The Balaban J connectivity index is 1.78. The SMILES string of the molecule is C=C(C)CSC1O[C@H](CC)[C@@H](C)[C@H](OCc2ccccc2)[C@H]1OCc1ccccc1. The summed E-state index contributed by atoms with van der Waals surface area (Å²) < 4.78 is 19.5. The molecule has 0 aliphatic carbocycles. The van der Waals surface area contributed by atoms with E-state index in [1.54, 1.807) is 11.8 Å². The quantitative estimate of drug-likeness (QED) is 0.421. The van der Waals surface area contributed by atoms with Crippen molar-refractivity contribution >= 4 is 11.8 Å². The van der Waals surface area contributed by atoms with Crippen molar-refractivity contribution in [2.24, 2.45) is 5.92 Å². The van der Waals surface area contributed by atoms with E-state index in [4.69, 9.17) is 14.2 Å². The molecule has 0 bridgehead atoms. The zero-order chi connectivity index (χ0) is 21.3. The number of thioether (sulfide) groups is 1. The first-order chi connectivity index (χ1) is 14.6. The highest BCUT2D eigenvalue weighted by atomic mass is 32.2. The van der Waals surface area contributed by atoms with Crippen molar-refractivity contribution in [3.8, 4) is 0 Å². The van der Waals surface area contributed by atoms with Crippen molar-refractivity contribution in [2.45, 2.75) is 64.2 Å². The largest absolute Gasteiger partial charge is 0.370 e. The minimum atomic E-state index is -0.143. The van der Waals surface area contributed by atoms with Gasteiger partial charge in [0.2, 0.25) is 0 Å². The van der Waals surface area contributed by atoms with Gasteiger partial charge in [-0.25, -0.2) is 0 Å². The van der Waals surface area contributed by atoms with E-state index >= 15 is 0 Å². The Labute approximate surface area is 185 Å². The highest BCUT2D eigenvalue weighted by Gasteiger charge is 2.44. The Morgan fingerprint density at radius 3 is 1.97 bits per heavy atom. The predicted molar refractivity (Wildman–Crippen MR) is 125 cm³/mol. The van der Waals surface area contributed by atoms with Gasteiger partial charge >= 0.3 is 0 Å². The fourth-order valence-corrected chi connectivity index (χ4v) is 4.91. The Bertz CT molecular complexity index is 764. The molecule has 1 heterocycles. The van der Waals surface area contributed by atoms with Crippen LogP contribution in [0, 0.1) is 5.92 Å². The molecule has 1 fully saturated rings. The van der Waals surface area contributed by atoms with Crippen LogP contribution in [0.25, 0.3) is 0 Å². The third-order valence-corrected chi connectivity index (χ3v) is 6.84. The summed E-state index contributed by atoms with van der Waals surface area (Å²) >= 11 is 1.77. The van der Waals surface area contributed by atoms with Crippen LogP contribution in [0.4, 0.5) is 0 Å². The van der Waals surface area contributed by atoms with Crippen molar-refractivity contribution in [3.05, 3.63) is 83.9 Å². The predicted octanol–water partition coefficient (Wildman–Crippen LogP) is 6.24. The lowest BCUT2D eigenvalue weighted by Crippen LogP contribution is -2.54. The molecule has 0 amide bonds. The standard InChI is InChI=1S/C26H34O3S/c1-5-23-20(4)24(27-16-21-12-8-6-9-13-21)25(26(29-23)30-18-19(2)3)28-17-22-14-10-7-11-15-22/h6-15,20,23-26H,2,5,16-18H2,1,3-4H3/t20-,23-,24+,25-,26?/m1/s1. The minimum absolute atomic E-state index is 0.0322. The second-order valence-electron chi connectivity index (χ2n) is 8.10. The molecular formula is C26H34O3S. The van der Waals surface area contributed by atoms with E-state index in [9.17, 15) is 0 Å². The molecular weight excluding hydrogens is 392 g/mol. The number of hydrogen-bond acceptors (Lipinski definition) is 4. The van der Waals surface area contributed by atoms with Gasteiger partial charge in [0.25, 0.3) is 0 Å². The van der Waals surface area contributed by atoms with Gasteiger partial charge in [-0.2, -0.15) is 0 Å². The van der Waals surface area contributed by atoms with Gasteiger partial charge in [-0.05, 0) is 24.5 Å². The van der Waals surface area contributed by atoms with Gasteiger partial charge in [-0.1, -0.05) is 86.7 Å². The fourth-order valence-electron chi connectivity index (χ4n) is 3.82. The smallest absolute Gasteiger partial charge is 0.132 e. The van der Waals surface area contributed by atoms with Crippen LogP contribution in [0.5, 0.6) is 0 Å². The molecule has 1 unspecified atom stereocenters. The minimum Gasteiger partial charge on any atom is -0.370 e. The molecule has 3 rings (SSSR count). The highest BCUT2D eigenvalue weighted by Crippen LogP contribution is 2.37. The van der Waals surface area contributed by atoms with Gasteiger partial charge in [0.1, 0.15) is 11.5 Å². The average Bonchev–Trinajstić information content (AvgIpc) is 2.77. The molecule has 30 heavy (non-hydrogen) atoms. The number of ether oxygens (including phenoxy) is 3. The fraction of sp³-hybridized carbons (Fsp3) is 0.462. The maximum Gasteiger partial charge on any atom is 0.132 e. The lowest BCUT2D eigenvalue weighted by molar-refractivity contribution is -0.208. The van der Waals surface area contributed by atoms with Crippen molar-refractivity contribution in [3.63, 3.8) is 0 Å². The Morgan fingerprint density at radius 2 is 1.47 bits per heavy atom. The zero-order valence-corrected chi connectivity index (χ0v) is 19.1. The molecule has 0 radical (unpaired) electrons. The van der Waals surface area contributed by atoms with Crippen molar-refractivity contribution in [2.75, 3.05) is 5.75 Å². The van der Waals surface area contributed by atoms with E-state index in [1.807, 2.05) is 24.3 Å². The van der Waals surface area contributed by atoms with Crippen LogP contribution in [0.1, 0.15) is 38.3 Å². The molecule has 0 aromatic heterocycles. The molecule has 0 spiro atoms. The summed E-state index contributed by atoms with van der Waals surface area (Å²) in [6.07, 6.45) is 0.943. The topological polar surface area (TPSA) is 27.7 Å². The highest BCUT2D eigenvalue weighted by molar-refractivity contribution is 8.00. The second kappa shape index (κ2) is 11.7. The first-order valence-corrected chi connectivity index (χ1v) is 11.9. The normalized spacial score (nSPS) is 26.4. The van der Waals surface area contributed by atoms with E-state index in [0.717, 1.165) is 23.3 Å². The second-order valence-corrected chi connectivity index (χ2v) is 9.19. The van der Waals surface area contributed by atoms with E-state index in [0.29, 0.717) is 13.2 Å². The van der Waals surface area contributed by atoms with Crippen LogP contribution in [-0.2, 0) is 27.4 Å². The molecule has 2 aromatic rings. The first kappa shape index (κ1) is 23.1. The van der Waals surface area contributed by atoms with Crippen LogP contribution in [0.3, 0.4) is 0 Å². The molecule has 1 aliphatic rings. The van der Waals surface area contributed by atoms with Crippen LogP contribution >= 0.6 is 11.8 Å². The summed E-state index contributed by atoms with van der Waals surface area (Å²) in [6, 6.07) is 20.7. The number of hydrogen-bond donors (Lipinski definition) is 0. The number of benzene rings is 2. The lowest BCUT2D eigenvalue weighted by Gasteiger charge is -2.45. The molecule has 3 nitrogen and oxygen atoms in total. The maximum atomic E-state index is 6.51. The van der Waals surface area contributed by atoms with E-state index in [1.165, 1.54) is 5.56 Å². The Hall–Kier alpha value is -1.59. The molecule has 4 heteroatoms. The van der Waals surface area contributed by atoms with E-state index in [-0.39, 0.29) is 29.7 Å². The number of rotatable bonds is 10. The summed E-state index contributed by atoms with van der Waals surface area (Å²) in [5, 5.41) is 0. The van der Waals surface area contributed by atoms with Crippen LogP contribution in [0.2, 0.25) is 0 Å². The summed E-state index contributed by atoms with van der Waals surface area (Å²) in [5.41, 5.74) is 3.40. The molecule has 162 valence electrons. The summed E-state index contributed by atoms with van der Waals surface area (Å²) in [4.78, 5) is 0. The summed E-state index contributed by atoms with van der Waals surface area (Å²) in [5.74, 6) is 1.10. The van der Waals surface area contributed by atoms with Crippen molar-refractivity contribution < 1.29 is 14.2 Å². The Kier molecular flexibility index (Phi) is 9.01. The van der Waals surface area contributed by atoms with Gasteiger partial charge in [-0.3, -0.25) is 0 Å². The zero-order valence-electron chi connectivity index (χ0n) is 18.3. The molecule has 1 aliphatic heterocycles. The van der Waals surface area contributed by atoms with E-state index < -0.39 is 0 Å². The molecule has 2 aromatic carbocycles. The third-order valence-electron chi connectivity index (χ3n) is 5.47. The van der Waals surface area contributed by atoms with Crippen molar-refractivity contribution in [1.29, 1.82) is 0 Å². The summed E-state index contributed by atoms with van der Waals surface area (Å²) in [6.45, 7) is 11.6. The van der Waals surface area contributed by atoms with Gasteiger partial charge in [-0.15, -0.1) is 11.8 Å². The average molecular weight is 427 g/mol. The maximum absolute atomic E-state index is 6.51. The van der Waals surface area contributed by atoms with Crippen LogP contribution < -0.4 is 0 Å². The summed E-state index contributed by atoms with van der Waals surface area (Å²) in [7, 11) is 0. The third kappa shape index (κ3) is 6.45. The molecule has 0 saturated carbocycles. The monoisotopic (exact) mass is 426 g/mol. The van der Waals surface area contributed by atoms with Gasteiger partial charge in [0.05, 0.1) is 25.4 Å². The first-order valence-electron chi connectivity index (χ1n) is 10.8. The van der Waals surface area contributed by atoms with Gasteiger partial charge in [0.15, 0.2) is 0 Å². The van der Waals surface area contributed by atoms with Gasteiger partial charge in [0, 0.05) is 11.7 Å². The molecule has 5 atom stereocenters. The Morgan fingerprint density at radius 1 is 0.933 bits per heavy atom. The van der Waals surface area contributed by atoms with Crippen LogP contribution in [0.15, 0.2) is 72.8 Å². The van der Waals surface area contributed by atoms with Crippen molar-refractivity contribution in [1.82, 2.24) is 0 Å². The van der Waals surface area contributed by atoms with E-state index in [2.05, 4.69) is 63.7 Å². The molecule has 0 N–H and O–H groups in total. The molecule has 1 saturated heterocycles. The lowest BCUT2D eigenvalue weighted by atomic mass is 9.89.